The molecule has 36 heavy (non-hydrogen) atoms. The maximum atomic E-state index is 12.4. The fraction of sp³-hybridized carbons (Fsp3) is 0. The van der Waals surface area contributed by atoms with Crippen LogP contribution in [0.15, 0.2) is 108 Å². The average molecular weight is 499 g/mol. The van der Waals surface area contributed by atoms with Gasteiger partial charge in [-0.15, -0.1) is 0 Å². The highest BCUT2D eigenvalue weighted by Gasteiger charge is 2.16. The van der Waals surface area contributed by atoms with E-state index in [2.05, 4.69) is 10.6 Å². The van der Waals surface area contributed by atoms with Crippen molar-refractivity contribution in [2.24, 2.45) is 0 Å². The summed E-state index contributed by atoms with van der Waals surface area (Å²) in [6, 6.07) is 28.6. The van der Waals surface area contributed by atoms with Crippen LogP contribution in [0.2, 0.25) is 0 Å². The van der Waals surface area contributed by atoms with E-state index in [4.69, 9.17) is 0 Å². The van der Waals surface area contributed by atoms with Crippen molar-refractivity contribution in [1.29, 1.82) is 0 Å². The molecule has 0 aliphatic rings. The Bertz CT molecular complexity index is 1520. The molecule has 0 aromatic heterocycles. The number of anilines is 2. The molecule has 4 aromatic carbocycles. The molecule has 2 amide bonds. The van der Waals surface area contributed by atoms with Crippen LogP contribution < -0.4 is 10.6 Å². The first-order chi connectivity index (χ1) is 17.3. The van der Waals surface area contributed by atoms with E-state index in [-0.39, 0.29) is 22.1 Å². The smallest absolute Gasteiger partial charge is 0.295 e. The Labute approximate surface area is 208 Å². The molecule has 7 nitrogen and oxygen atoms in total. The standard InChI is InChI=1S/C28H22N2O5S/c31-27(22-7-3-1-4-8-22)29-24-16-12-20(13-17-24)11-14-21-15-18-25(19-26(21)36(33,34)35)30-28(32)23-9-5-2-6-10-23/h1-19H,(H,29,31)(H,30,32)(H,33,34,35). The third-order valence-electron chi connectivity index (χ3n) is 5.25. The number of benzene rings is 4. The molecule has 0 heterocycles. The number of carbonyl (C=O) groups excluding carboxylic acids is 2. The van der Waals surface area contributed by atoms with Crippen molar-refractivity contribution < 1.29 is 22.6 Å². The highest BCUT2D eigenvalue weighted by Crippen LogP contribution is 2.24. The van der Waals surface area contributed by atoms with Gasteiger partial charge in [-0.25, -0.2) is 0 Å². The minimum Gasteiger partial charge on any atom is -0.322 e. The molecule has 0 aliphatic carbocycles. The van der Waals surface area contributed by atoms with Crippen molar-refractivity contribution in [3.8, 4) is 0 Å². The molecule has 180 valence electrons. The van der Waals surface area contributed by atoms with Crippen LogP contribution >= 0.6 is 0 Å². The fourth-order valence-electron chi connectivity index (χ4n) is 3.42. The first kappa shape index (κ1) is 24.6. The van der Waals surface area contributed by atoms with Crippen molar-refractivity contribution in [3.63, 3.8) is 0 Å². The highest BCUT2D eigenvalue weighted by atomic mass is 32.2. The summed E-state index contributed by atoms with van der Waals surface area (Å²) >= 11 is 0. The van der Waals surface area contributed by atoms with Crippen molar-refractivity contribution in [2.75, 3.05) is 10.6 Å². The summed E-state index contributed by atoms with van der Waals surface area (Å²) in [5.41, 5.74) is 2.79. The lowest BCUT2D eigenvalue weighted by Crippen LogP contribution is -2.12. The van der Waals surface area contributed by atoms with Gasteiger partial charge in [-0.05, 0) is 59.7 Å². The maximum absolute atomic E-state index is 12.4. The van der Waals surface area contributed by atoms with E-state index in [1.807, 2.05) is 6.07 Å². The van der Waals surface area contributed by atoms with Gasteiger partial charge in [0.25, 0.3) is 21.9 Å². The molecule has 3 N–H and O–H groups in total. The quantitative estimate of drug-likeness (QED) is 0.227. The van der Waals surface area contributed by atoms with E-state index in [1.165, 1.54) is 12.1 Å². The summed E-state index contributed by atoms with van der Waals surface area (Å²) < 4.78 is 33.8. The molecule has 0 aliphatic heterocycles. The summed E-state index contributed by atoms with van der Waals surface area (Å²) in [4.78, 5) is 24.3. The molecule has 0 fully saturated rings. The number of nitrogens with one attached hydrogen (secondary N) is 2. The lowest BCUT2D eigenvalue weighted by Gasteiger charge is -2.09. The van der Waals surface area contributed by atoms with Gasteiger partial charge in [0.05, 0.1) is 0 Å². The van der Waals surface area contributed by atoms with Crippen LogP contribution in [0.5, 0.6) is 0 Å². The van der Waals surface area contributed by atoms with Gasteiger partial charge in [0.2, 0.25) is 0 Å². The third kappa shape index (κ3) is 6.32. The average Bonchev–Trinajstić information content (AvgIpc) is 2.89. The first-order valence-electron chi connectivity index (χ1n) is 10.9. The SMILES string of the molecule is O=C(Nc1ccc(C=Cc2ccc(NC(=O)c3ccccc3)cc2S(=O)(=O)O)cc1)c1ccccc1. The van der Waals surface area contributed by atoms with Crippen molar-refractivity contribution in [2.45, 2.75) is 4.90 Å². The third-order valence-corrected chi connectivity index (χ3v) is 6.15. The molecule has 4 aromatic rings. The molecule has 0 atom stereocenters. The van der Waals surface area contributed by atoms with Gasteiger partial charge in [-0.1, -0.05) is 66.7 Å². The van der Waals surface area contributed by atoms with Crippen LogP contribution in [0.25, 0.3) is 12.2 Å². The molecule has 8 heteroatoms. The van der Waals surface area contributed by atoms with Crippen molar-refractivity contribution >= 4 is 45.5 Å². The number of hydrogen-bond acceptors (Lipinski definition) is 4. The lowest BCUT2D eigenvalue weighted by atomic mass is 10.1. The summed E-state index contributed by atoms with van der Waals surface area (Å²) in [6.45, 7) is 0. The van der Waals surface area contributed by atoms with E-state index >= 15 is 0 Å². The van der Waals surface area contributed by atoms with Gasteiger partial charge in [0.15, 0.2) is 0 Å². The fourth-order valence-corrected chi connectivity index (χ4v) is 4.13. The Hall–Kier alpha value is -4.53. The van der Waals surface area contributed by atoms with Crippen LogP contribution in [0.4, 0.5) is 11.4 Å². The number of rotatable bonds is 7. The normalized spacial score (nSPS) is 11.2. The Kier molecular flexibility index (Phi) is 7.39. The molecule has 4 rings (SSSR count). The van der Waals surface area contributed by atoms with E-state index in [1.54, 1.807) is 97.1 Å². The van der Waals surface area contributed by atoms with Crippen molar-refractivity contribution in [3.05, 3.63) is 125 Å². The zero-order chi connectivity index (χ0) is 25.5. The summed E-state index contributed by atoms with van der Waals surface area (Å²) in [7, 11) is -4.56. The summed E-state index contributed by atoms with van der Waals surface area (Å²) in [6.07, 6.45) is 3.22. The molecular weight excluding hydrogens is 476 g/mol. The number of carbonyl (C=O) groups is 2. The number of hydrogen-bond donors (Lipinski definition) is 3. The second-order valence-electron chi connectivity index (χ2n) is 7.82. The van der Waals surface area contributed by atoms with E-state index in [0.717, 1.165) is 5.56 Å². The Morgan fingerprint density at radius 3 is 1.67 bits per heavy atom. The van der Waals surface area contributed by atoms with E-state index in [9.17, 15) is 22.6 Å². The van der Waals surface area contributed by atoms with Gasteiger partial charge in [-0.2, -0.15) is 8.42 Å². The molecule has 0 saturated carbocycles. The maximum Gasteiger partial charge on any atom is 0.295 e. The Morgan fingerprint density at radius 1 is 0.639 bits per heavy atom. The van der Waals surface area contributed by atoms with E-state index in [0.29, 0.717) is 16.8 Å². The first-order valence-corrected chi connectivity index (χ1v) is 12.4. The van der Waals surface area contributed by atoms with Gasteiger partial charge in [0, 0.05) is 22.5 Å². The molecule has 0 unspecified atom stereocenters. The van der Waals surface area contributed by atoms with Crippen LogP contribution in [0.3, 0.4) is 0 Å². The summed E-state index contributed by atoms with van der Waals surface area (Å²) in [5.74, 6) is -0.629. The van der Waals surface area contributed by atoms with Crippen LogP contribution in [0.1, 0.15) is 31.8 Å². The minimum absolute atomic E-state index is 0.226. The second kappa shape index (κ2) is 10.8. The van der Waals surface area contributed by atoms with Crippen LogP contribution in [0, 0.1) is 0 Å². The molecule has 0 saturated heterocycles. The van der Waals surface area contributed by atoms with Gasteiger partial charge < -0.3 is 10.6 Å². The van der Waals surface area contributed by atoms with Crippen LogP contribution in [-0.4, -0.2) is 24.8 Å². The largest absolute Gasteiger partial charge is 0.322 e. The van der Waals surface area contributed by atoms with Gasteiger partial charge in [0.1, 0.15) is 4.90 Å². The Balaban J connectivity index is 1.49. The molecule has 0 bridgehead atoms. The second-order valence-corrected chi connectivity index (χ2v) is 9.21. The zero-order valence-corrected chi connectivity index (χ0v) is 19.8. The molecule has 0 radical (unpaired) electrons. The van der Waals surface area contributed by atoms with Crippen molar-refractivity contribution in [1.82, 2.24) is 0 Å². The summed E-state index contributed by atoms with van der Waals surface area (Å²) in [5, 5.41) is 5.44. The van der Waals surface area contributed by atoms with Gasteiger partial charge in [-0.3, -0.25) is 14.1 Å². The minimum atomic E-state index is -4.56. The zero-order valence-electron chi connectivity index (χ0n) is 19.0. The Morgan fingerprint density at radius 2 is 1.14 bits per heavy atom. The van der Waals surface area contributed by atoms with Gasteiger partial charge >= 0.3 is 0 Å². The molecular formula is C28H22N2O5S. The molecule has 0 spiro atoms. The van der Waals surface area contributed by atoms with E-state index < -0.39 is 16.0 Å². The predicted molar refractivity (Wildman–Crippen MR) is 140 cm³/mol. The van der Waals surface area contributed by atoms with Crippen LogP contribution in [-0.2, 0) is 10.1 Å². The highest BCUT2D eigenvalue weighted by molar-refractivity contribution is 7.86. The predicted octanol–water partition coefficient (Wildman–Crippen LogP) is 5.61. The number of amides is 2. The topological polar surface area (TPSA) is 113 Å². The lowest BCUT2D eigenvalue weighted by molar-refractivity contribution is 0.101. The monoisotopic (exact) mass is 498 g/mol.